The first-order valence-electron chi connectivity index (χ1n) is 6.69. The number of rotatable bonds is 4. The second-order valence-electron chi connectivity index (χ2n) is 4.74. The summed E-state index contributed by atoms with van der Waals surface area (Å²) in [6.07, 6.45) is 0. The second kappa shape index (κ2) is 6.13. The summed E-state index contributed by atoms with van der Waals surface area (Å²) in [5.74, 6) is 0.850. The summed E-state index contributed by atoms with van der Waals surface area (Å²) in [6, 6.07) is 14.0. The van der Waals surface area contributed by atoms with E-state index in [1.165, 1.54) is 0 Å². The lowest BCUT2D eigenvalue weighted by atomic mass is 10.1. The van der Waals surface area contributed by atoms with Crippen molar-refractivity contribution in [3.8, 4) is 11.4 Å². The van der Waals surface area contributed by atoms with Crippen LogP contribution in [0.4, 0.5) is 0 Å². The monoisotopic (exact) mass is 315 g/mol. The Morgan fingerprint density at radius 3 is 2.64 bits per heavy atom. The maximum Gasteiger partial charge on any atom is 0.178 e. The number of phenolic OH excluding ortho intramolecular Hbond substituents is 1. The highest BCUT2D eigenvalue weighted by atomic mass is 35.5. The highest BCUT2D eigenvalue weighted by molar-refractivity contribution is 6.30. The summed E-state index contributed by atoms with van der Waals surface area (Å²) in [6.45, 7) is 0. The van der Waals surface area contributed by atoms with E-state index in [4.69, 9.17) is 11.6 Å². The third-order valence-corrected chi connectivity index (χ3v) is 3.55. The third-order valence-electron chi connectivity index (χ3n) is 3.32. The number of nitrogens with zero attached hydrogens (tertiary/aromatic N) is 4. The first-order valence-corrected chi connectivity index (χ1v) is 7.07. The van der Waals surface area contributed by atoms with Crippen molar-refractivity contribution in [1.29, 1.82) is 0 Å². The molecule has 0 aliphatic rings. The summed E-state index contributed by atoms with van der Waals surface area (Å²) >= 11 is 6.04. The lowest BCUT2D eigenvalue weighted by Crippen LogP contribution is -2.22. The Hall–Kier alpha value is -2.44. The molecular formula is C15H14ClN5O. The Morgan fingerprint density at radius 1 is 1.18 bits per heavy atom. The number of tetrazole rings is 1. The summed E-state index contributed by atoms with van der Waals surface area (Å²) in [5, 5.41) is 25.2. The zero-order valence-electron chi connectivity index (χ0n) is 11.8. The van der Waals surface area contributed by atoms with E-state index >= 15 is 0 Å². The minimum atomic E-state index is -0.213. The molecule has 6 nitrogen and oxygen atoms in total. The van der Waals surface area contributed by atoms with Gasteiger partial charge in [0.25, 0.3) is 0 Å². The van der Waals surface area contributed by atoms with Gasteiger partial charge in [0, 0.05) is 5.02 Å². The molecule has 0 radical (unpaired) electrons. The van der Waals surface area contributed by atoms with Crippen LogP contribution >= 0.6 is 11.6 Å². The van der Waals surface area contributed by atoms with Gasteiger partial charge in [-0.1, -0.05) is 29.8 Å². The van der Waals surface area contributed by atoms with Crippen molar-refractivity contribution in [2.24, 2.45) is 0 Å². The van der Waals surface area contributed by atoms with Crippen LogP contribution in [0.25, 0.3) is 5.69 Å². The molecule has 22 heavy (non-hydrogen) atoms. The Morgan fingerprint density at radius 2 is 1.95 bits per heavy atom. The summed E-state index contributed by atoms with van der Waals surface area (Å²) in [7, 11) is 1.83. The minimum Gasteiger partial charge on any atom is -0.508 e. The number of aromatic hydroxyl groups is 1. The average Bonchev–Trinajstić information content (AvgIpc) is 2.99. The molecule has 2 N–H and O–H groups in total. The summed E-state index contributed by atoms with van der Waals surface area (Å²) in [5.41, 5.74) is 1.73. The Bertz CT molecular complexity index is 772. The minimum absolute atomic E-state index is 0.213. The highest BCUT2D eigenvalue weighted by Gasteiger charge is 2.20. The molecule has 7 heteroatoms. The molecule has 1 aromatic heterocycles. The van der Waals surface area contributed by atoms with Crippen LogP contribution in [0.1, 0.15) is 17.4 Å². The largest absolute Gasteiger partial charge is 0.508 e. The van der Waals surface area contributed by atoms with E-state index in [2.05, 4.69) is 20.8 Å². The van der Waals surface area contributed by atoms with Gasteiger partial charge in [-0.15, -0.1) is 5.10 Å². The van der Waals surface area contributed by atoms with Gasteiger partial charge in [0.05, 0.1) is 11.7 Å². The van der Waals surface area contributed by atoms with E-state index in [9.17, 15) is 5.11 Å². The van der Waals surface area contributed by atoms with Crippen molar-refractivity contribution in [2.45, 2.75) is 6.04 Å². The van der Waals surface area contributed by atoms with Gasteiger partial charge in [0.1, 0.15) is 5.75 Å². The molecule has 2 aromatic carbocycles. The molecule has 0 aliphatic heterocycles. The van der Waals surface area contributed by atoms with Crippen molar-refractivity contribution in [3.05, 3.63) is 64.9 Å². The highest BCUT2D eigenvalue weighted by Crippen LogP contribution is 2.24. The van der Waals surface area contributed by atoms with E-state index in [-0.39, 0.29) is 11.8 Å². The van der Waals surface area contributed by atoms with Crippen molar-refractivity contribution >= 4 is 11.6 Å². The van der Waals surface area contributed by atoms with Crippen LogP contribution < -0.4 is 5.32 Å². The number of phenols is 1. The number of aromatic nitrogens is 4. The van der Waals surface area contributed by atoms with Crippen LogP contribution in [0.5, 0.6) is 5.75 Å². The zero-order chi connectivity index (χ0) is 15.5. The predicted molar refractivity (Wildman–Crippen MR) is 83.2 cm³/mol. The Balaban J connectivity index is 2.04. The molecule has 1 atom stereocenters. The number of halogens is 1. The molecule has 0 bridgehead atoms. The van der Waals surface area contributed by atoms with Crippen LogP contribution in [-0.2, 0) is 0 Å². The maximum atomic E-state index is 9.42. The van der Waals surface area contributed by atoms with E-state index in [0.717, 1.165) is 11.3 Å². The van der Waals surface area contributed by atoms with Crippen molar-refractivity contribution in [1.82, 2.24) is 25.5 Å². The quantitative estimate of drug-likeness (QED) is 0.773. The van der Waals surface area contributed by atoms with Gasteiger partial charge < -0.3 is 10.4 Å². The Kier molecular flexibility index (Phi) is 4.04. The molecule has 3 aromatic rings. The lowest BCUT2D eigenvalue weighted by molar-refractivity contribution is 0.474. The molecule has 112 valence electrons. The fourth-order valence-electron chi connectivity index (χ4n) is 2.28. The van der Waals surface area contributed by atoms with Crippen molar-refractivity contribution < 1.29 is 5.11 Å². The molecule has 3 rings (SSSR count). The summed E-state index contributed by atoms with van der Waals surface area (Å²) < 4.78 is 1.64. The van der Waals surface area contributed by atoms with Gasteiger partial charge in [-0.3, -0.25) is 0 Å². The predicted octanol–water partition coefficient (Wildman–Crippen LogP) is 2.33. The van der Waals surface area contributed by atoms with Crippen molar-refractivity contribution in [2.75, 3.05) is 7.05 Å². The second-order valence-corrected chi connectivity index (χ2v) is 5.18. The number of nitrogens with one attached hydrogen (secondary N) is 1. The van der Waals surface area contributed by atoms with Crippen LogP contribution in [-0.4, -0.2) is 32.4 Å². The maximum absolute atomic E-state index is 9.42. The molecule has 0 amide bonds. The number of hydrogen-bond donors (Lipinski definition) is 2. The molecule has 0 saturated carbocycles. The van der Waals surface area contributed by atoms with E-state index < -0.39 is 0 Å². The Labute approximate surface area is 132 Å². The van der Waals surface area contributed by atoms with Crippen LogP contribution in [0.2, 0.25) is 5.02 Å². The van der Waals surface area contributed by atoms with E-state index in [0.29, 0.717) is 10.8 Å². The molecule has 0 fully saturated rings. The number of hydrogen-bond acceptors (Lipinski definition) is 5. The first-order chi connectivity index (χ1) is 10.7. The molecule has 1 unspecified atom stereocenters. The molecule has 1 heterocycles. The van der Waals surface area contributed by atoms with Gasteiger partial charge in [-0.2, -0.15) is 4.68 Å². The molecule has 0 saturated heterocycles. The van der Waals surface area contributed by atoms with Gasteiger partial charge in [-0.05, 0) is 53.4 Å². The molecule has 0 spiro atoms. The number of benzene rings is 2. The average molecular weight is 316 g/mol. The zero-order valence-corrected chi connectivity index (χ0v) is 12.6. The normalized spacial score (nSPS) is 12.3. The summed E-state index contributed by atoms with van der Waals surface area (Å²) in [4.78, 5) is 0. The van der Waals surface area contributed by atoms with Gasteiger partial charge in [0.15, 0.2) is 5.82 Å². The fraction of sp³-hybridized carbons (Fsp3) is 0.133. The van der Waals surface area contributed by atoms with Gasteiger partial charge in [0.2, 0.25) is 0 Å². The lowest BCUT2D eigenvalue weighted by Gasteiger charge is -2.16. The van der Waals surface area contributed by atoms with Crippen LogP contribution in [0.3, 0.4) is 0 Å². The topological polar surface area (TPSA) is 75.9 Å². The smallest absolute Gasteiger partial charge is 0.178 e. The van der Waals surface area contributed by atoms with Gasteiger partial charge >= 0.3 is 0 Å². The van der Waals surface area contributed by atoms with Crippen LogP contribution in [0, 0.1) is 0 Å². The SMILES string of the molecule is CNC(c1ccc(O)cc1)c1nnnn1-c1cccc(Cl)c1. The standard InChI is InChI=1S/C15H14ClN5O/c1-17-14(10-5-7-13(22)8-6-10)15-18-19-20-21(15)12-4-2-3-11(16)9-12/h2-9,14,17,22H,1H3. The fourth-order valence-corrected chi connectivity index (χ4v) is 2.46. The van der Waals surface area contributed by atoms with E-state index in [1.54, 1.807) is 28.9 Å². The first kappa shape index (κ1) is 14.5. The van der Waals surface area contributed by atoms with E-state index in [1.807, 2.05) is 31.3 Å². The van der Waals surface area contributed by atoms with Crippen molar-refractivity contribution in [3.63, 3.8) is 0 Å². The molecule has 0 aliphatic carbocycles. The van der Waals surface area contributed by atoms with Gasteiger partial charge in [-0.25, -0.2) is 0 Å². The third kappa shape index (κ3) is 2.79. The molecular weight excluding hydrogens is 302 g/mol. The van der Waals surface area contributed by atoms with Crippen LogP contribution in [0.15, 0.2) is 48.5 Å².